The number of rotatable bonds is 16. The van der Waals surface area contributed by atoms with Crippen LogP contribution in [0.2, 0.25) is 0 Å². The lowest BCUT2D eigenvalue weighted by Crippen LogP contribution is -2.40. The number of carboxylic acid groups (broad SMARTS) is 1. The van der Waals surface area contributed by atoms with E-state index >= 15 is 0 Å². The van der Waals surface area contributed by atoms with Crippen molar-refractivity contribution in [3.63, 3.8) is 0 Å². The molecular weight excluding hydrogens is 903 g/mol. The van der Waals surface area contributed by atoms with Gasteiger partial charge in [-0.15, -0.1) is 11.3 Å². The molecule has 0 spiro atoms. The van der Waals surface area contributed by atoms with Gasteiger partial charge in [-0.1, -0.05) is 36.9 Å². The quantitative estimate of drug-likeness (QED) is 0.0407. The van der Waals surface area contributed by atoms with Gasteiger partial charge in [0.05, 0.1) is 18.8 Å². The Kier molecular flexibility index (Phi) is 14.5. The van der Waals surface area contributed by atoms with Crippen LogP contribution in [-0.4, -0.2) is 89.2 Å². The predicted octanol–water partition coefficient (Wildman–Crippen LogP) is 8.95. The molecule has 15 nitrogen and oxygen atoms in total. The Morgan fingerprint density at radius 1 is 0.986 bits per heavy atom. The fraction of sp³-hybridized carbons (Fsp3) is 0.352. The Morgan fingerprint density at radius 2 is 1.84 bits per heavy atom. The number of aryl methyl sites for hydroxylation is 1. The van der Waals surface area contributed by atoms with E-state index in [1.807, 2.05) is 84.6 Å². The molecule has 5 aromatic rings. The van der Waals surface area contributed by atoms with Crippen molar-refractivity contribution in [3.05, 3.63) is 129 Å². The Morgan fingerprint density at radius 3 is 2.66 bits per heavy atom. The van der Waals surface area contributed by atoms with Crippen LogP contribution in [0.5, 0.6) is 5.75 Å². The number of aromatic carboxylic acids is 1. The minimum absolute atomic E-state index is 0.0518. The number of carbonyl (C=O) groups is 4. The molecule has 2 unspecified atom stereocenters. The number of nitrogens with zero attached hydrogens (tertiary/aromatic N) is 4. The predicted molar refractivity (Wildman–Crippen MR) is 275 cm³/mol. The summed E-state index contributed by atoms with van der Waals surface area (Å²) in [5, 5.41) is 31.9. The summed E-state index contributed by atoms with van der Waals surface area (Å²) in [4.78, 5) is 66.3. The standard InChI is InChI=1S/C54H59N9O6S/c1-32-37(39-20-22-47(60-51(39)53(67)68)63-26-24-35-12-6-14-40(42(35)30-63)52(66)61-54-59-43-15-4-5-17-46(43)70-54)13-7-16-45(32)69-27-9-11-34-10-8-25-62(29-34)31-49(65)58-36-18-19-41(44(28-36)56-3)50(55)38-21-23-48(64)57-33(38)2/h4,6-7,12-16,18-20,22,28,34,38,55-56H,2,5,8-11,17,21,23-27,29-31H2,1,3H3,(H,57,64)(H,58,65)(H,67,68)(H,59,61,66). The first-order chi connectivity index (χ1) is 33.9. The van der Waals surface area contributed by atoms with Gasteiger partial charge in [-0.25, -0.2) is 14.8 Å². The largest absolute Gasteiger partial charge is 0.493 e. The number of anilines is 4. The molecule has 362 valence electrons. The van der Waals surface area contributed by atoms with E-state index in [0.717, 1.165) is 79.6 Å². The van der Waals surface area contributed by atoms with E-state index in [-0.39, 0.29) is 35.9 Å². The minimum atomic E-state index is -1.13. The monoisotopic (exact) mass is 961 g/mol. The number of piperidine rings is 2. The Bertz CT molecular complexity index is 2910. The Labute approximate surface area is 412 Å². The van der Waals surface area contributed by atoms with Gasteiger partial charge in [-0.3, -0.25) is 24.6 Å². The number of benzene rings is 3. The molecule has 2 saturated heterocycles. The van der Waals surface area contributed by atoms with Crippen LogP contribution in [0.25, 0.3) is 17.2 Å². The van der Waals surface area contributed by atoms with Crippen LogP contribution in [0, 0.1) is 24.2 Å². The van der Waals surface area contributed by atoms with E-state index in [1.54, 1.807) is 7.05 Å². The Hall–Kier alpha value is -7.17. The molecular formula is C54H59N9O6S. The van der Waals surface area contributed by atoms with Crippen LogP contribution >= 0.6 is 11.3 Å². The van der Waals surface area contributed by atoms with Gasteiger partial charge in [0, 0.05) is 83.4 Å². The van der Waals surface area contributed by atoms with Crippen molar-refractivity contribution in [1.82, 2.24) is 20.2 Å². The zero-order valence-electron chi connectivity index (χ0n) is 39.7. The van der Waals surface area contributed by atoms with Crippen molar-refractivity contribution in [2.45, 2.75) is 71.3 Å². The molecule has 3 aliphatic heterocycles. The molecule has 9 rings (SSSR count). The van der Waals surface area contributed by atoms with Crippen molar-refractivity contribution in [1.29, 1.82) is 5.41 Å². The second kappa shape index (κ2) is 21.2. The summed E-state index contributed by atoms with van der Waals surface area (Å²) < 4.78 is 6.34. The average Bonchev–Trinajstić information content (AvgIpc) is 3.77. The normalized spacial score (nSPS) is 17.8. The number of thiazole rings is 1. The number of pyridine rings is 1. The van der Waals surface area contributed by atoms with Crippen LogP contribution in [0.4, 0.5) is 22.3 Å². The molecule has 16 heteroatoms. The summed E-state index contributed by atoms with van der Waals surface area (Å²) in [6.45, 7) is 9.37. The number of carboxylic acids is 1. The van der Waals surface area contributed by atoms with E-state index < -0.39 is 5.97 Å². The molecule has 3 aromatic carbocycles. The molecule has 0 saturated carbocycles. The number of nitrogens with one attached hydrogen (secondary N) is 5. The highest BCUT2D eigenvalue weighted by molar-refractivity contribution is 7.16. The molecule has 2 aromatic heterocycles. The van der Waals surface area contributed by atoms with Crippen LogP contribution in [0.1, 0.15) is 98.6 Å². The fourth-order valence-electron chi connectivity index (χ4n) is 10.2. The highest BCUT2D eigenvalue weighted by Crippen LogP contribution is 2.36. The van der Waals surface area contributed by atoms with Crippen molar-refractivity contribution in [2.24, 2.45) is 11.8 Å². The van der Waals surface area contributed by atoms with Gasteiger partial charge >= 0.3 is 5.97 Å². The summed E-state index contributed by atoms with van der Waals surface area (Å²) in [5.41, 5.74) is 8.44. The SMILES string of the molecule is C=C1NC(=O)CCC1C(=N)c1ccc(NC(=O)CN2CCCC(CCCOc3cccc(-c4ccc(N5CCc6cccc(C(=O)Nc7nc8c(s7)CCC=C8)c6C5)nc4C(=O)O)c3C)C2)cc1NC. The summed E-state index contributed by atoms with van der Waals surface area (Å²) in [6, 6.07) is 20.6. The summed E-state index contributed by atoms with van der Waals surface area (Å²) in [6.07, 6.45) is 11.4. The van der Waals surface area contributed by atoms with Crippen LogP contribution in [0.3, 0.4) is 0 Å². The first kappa shape index (κ1) is 47.9. The molecule has 4 aliphatic rings. The number of amides is 3. The lowest BCUT2D eigenvalue weighted by molar-refractivity contribution is -0.121. The maximum atomic E-state index is 13.7. The highest BCUT2D eigenvalue weighted by Gasteiger charge is 2.29. The second-order valence-corrected chi connectivity index (χ2v) is 19.6. The maximum absolute atomic E-state index is 13.7. The summed E-state index contributed by atoms with van der Waals surface area (Å²) in [7, 11) is 1.78. The van der Waals surface area contributed by atoms with Crippen molar-refractivity contribution >= 4 is 69.1 Å². The highest BCUT2D eigenvalue weighted by atomic mass is 32.1. The number of likely N-dealkylation sites (tertiary alicyclic amines) is 1. The van der Waals surface area contributed by atoms with Gasteiger partial charge in [0.1, 0.15) is 11.6 Å². The third-order valence-electron chi connectivity index (χ3n) is 13.8. The van der Waals surface area contributed by atoms with Crippen LogP contribution in [-0.2, 0) is 29.0 Å². The first-order valence-electron chi connectivity index (χ1n) is 24.1. The molecule has 0 radical (unpaired) electrons. The lowest BCUT2D eigenvalue weighted by atomic mass is 9.87. The van der Waals surface area contributed by atoms with Crippen LogP contribution < -0.4 is 30.9 Å². The van der Waals surface area contributed by atoms with Crippen molar-refractivity contribution in [2.75, 3.05) is 60.7 Å². The van der Waals surface area contributed by atoms with Crippen molar-refractivity contribution in [3.8, 4) is 16.9 Å². The molecule has 0 bridgehead atoms. The number of hydrogen-bond acceptors (Lipinski definition) is 12. The number of carbonyl (C=O) groups excluding carboxylic acids is 3. The number of ether oxygens (including phenoxy) is 1. The number of allylic oxidation sites excluding steroid dienone is 2. The van der Waals surface area contributed by atoms with Gasteiger partial charge in [0.2, 0.25) is 11.8 Å². The minimum Gasteiger partial charge on any atom is -0.493 e. The van der Waals surface area contributed by atoms with Gasteiger partial charge in [0.25, 0.3) is 5.91 Å². The van der Waals surface area contributed by atoms with E-state index in [4.69, 9.17) is 15.1 Å². The number of hydrogen-bond donors (Lipinski definition) is 6. The smallest absolute Gasteiger partial charge is 0.355 e. The van der Waals surface area contributed by atoms with Gasteiger partial charge in [0.15, 0.2) is 10.8 Å². The molecule has 5 heterocycles. The third-order valence-corrected chi connectivity index (χ3v) is 14.9. The second-order valence-electron chi connectivity index (χ2n) is 18.5. The average molecular weight is 962 g/mol. The van der Waals surface area contributed by atoms with Crippen LogP contribution in [0.15, 0.2) is 85.1 Å². The zero-order chi connectivity index (χ0) is 48.9. The van der Waals surface area contributed by atoms with E-state index in [2.05, 4.69) is 43.8 Å². The van der Waals surface area contributed by atoms with Gasteiger partial charge in [-0.05, 0) is 142 Å². The molecule has 3 amide bonds. The summed E-state index contributed by atoms with van der Waals surface area (Å²) in [5.74, 6) is -0.159. The first-order valence-corrected chi connectivity index (χ1v) is 25.0. The Balaban J connectivity index is 0.778. The number of aromatic nitrogens is 2. The number of fused-ring (bicyclic) bond motifs is 2. The molecule has 1 aliphatic carbocycles. The third kappa shape index (κ3) is 10.7. The van der Waals surface area contributed by atoms with Gasteiger partial charge < -0.3 is 36.1 Å². The molecule has 2 atom stereocenters. The molecule has 2 fully saturated rings. The van der Waals surface area contributed by atoms with Crippen molar-refractivity contribution < 1.29 is 29.0 Å². The molecule has 70 heavy (non-hydrogen) atoms. The van der Waals surface area contributed by atoms with E-state index in [0.29, 0.717) is 101 Å². The fourth-order valence-corrected chi connectivity index (χ4v) is 11.2. The van der Waals surface area contributed by atoms with E-state index in [9.17, 15) is 24.3 Å². The topological polar surface area (TPSA) is 202 Å². The lowest BCUT2D eigenvalue weighted by Gasteiger charge is -2.32. The zero-order valence-corrected chi connectivity index (χ0v) is 40.5. The summed E-state index contributed by atoms with van der Waals surface area (Å²) >= 11 is 1.51. The van der Waals surface area contributed by atoms with E-state index in [1.165, 1.54) is 16.2 Å². The maximum Gasteiger partial charge on any atom is 0.355 e. The molecule has 6 N–H and O–H groups in total. The van der Waals surface area contributed by atoms with Gasteiger partial charge in [-0.2, -0.15) is 0 Å².